The number of rotatable bonds is 4. The summed E-state index contributed by atoms with van der Waals surface area (Å²) in [6.45, 7) is 0.985. The molecular formula is C12H16N2O2. The van der Waals surface area contributed by atoms with E-state index in [1.165, 1.54) is 5.56 Å². The van der Waals surface area contributed by atoms with Crippen molar-refractivity contribution in [2.75, 3.05) is 11.9 Å². The Morgan fingerprint density at radius 2 is 2.38 bits per heavy atom. The summed E-state index contributed by atoms with van der Waals surface area (Å²) in [4.78, 5) is 14.9. The number of carboxylic acids is 1. The molecule has 0 saturated carbocycles. The van der Waals surface area contributed by atoms with Crippen LogP contribution in [0, 0.1) is 0 Å². The molecule has 2 N–H and O–H groups in total. The van der Waals surface area contributed by atoms with Gasteiger partial charge in [0.1, 0.15) is 5.82 Å². The zero-order valence-electron chi connectivity index (χ0n) is 9.20. The van der Waals surface area contributed by atoms with Crippen LogP contribution in [0.15, 0.2) is 12.1 Å². The molecule has 0 aliphatic carbocycles. The number of carboxylic acid groups (broad SMARTS) is 1. The largest absolute Gasteiger partial charge is 0.481 e. The van der Waals surface area contributed by atoms with Crippen molar-refractivity contribution in [1.29, 1.82) is 0 Å². The average molecular weight is 220 g/mol. The lowest BCUT2D eigenvalue weighted by Gasteiger charge is -2.17. The van der Waals surface area contributed by atoms with Crippen molar-refractivity contribution in [3.05, 3.63) is 23.4 Å². The van der Waals surface area contributed by atoms with Crippen molar-refractivity contribution >= 4 is 11.8 Å². The van der Waals surface area contributed by atoms with Crippen molar-refractivity contribution in [2.45, 2.75) is 32.1 Å². The van der Waals surface area contributed by atoms with E-state index in [2.05, 4.69) is 16.4 Å². The van der Waals surface area contributed by atoms with E-state index in [9.17, 15) is 4.79 Å². The molecule has 1 aliphatic heterocycles. The van der Waals surface area contributed by atoms with Gasteiger partial charge in [-0.2, -0.15) is 0 Å². The van der Waals surface area contributed by atoms with Crippen molar-refractivity contribution < 1.29 is 9.90 Å². The number of aliphatic carboxylic acids is 1. The second-order valence-electron chi connectivity index (χ2n) is 4.09. The van der Waals surface area contributed by atoms with E-state index in [4.69, 9.17) is 5.11 Å². The Morgan fingerprint density at radius 3 is 3.19 bits per heavy atom. The van der Waals surface area contributed by atoms with Crippen molar-refractivity contribution in [1.82, 2.24) is 4.98 Å². The first kappa shape index (κ1) is 10.9. The van der Waals surface area contributed by atoms with E-state index in [0.717, 1.165) is 37.3 Å². The Labute approximate surface area is 94.7 Å². The van der Waals surface area contributed by atoms with Gasteiger partial charge in [-0.25, -0.2) is 4.98 Å². The highest BCUT2D eigenvalue weighted by molar-refractivity contribution is 5.66. The topological polar surface area (TPSA) is 62.2 Å². The summed E-state index contributed by atoms with van der Waals surface area (Å²) in [6, 6.07) is 4.11. The van der Waals surface area contributed by atoms with Crippen LogP contribution in [-0.4, -0.2) is 22.6 Å². The molecule has 0 atom stereocenters. The van der Waals surface area contributed by atoms with E-state index in [-0.39, 0.29) is 6.42 Å². The molecule has 1 aromatic heterocycles. The molecule has 2 rings (SSSR count). The lowest BCUT2D eigenvalue weighted by Crippen LogP contribution is -2.14. The van der Waals surface area contributed by atoms with E-state index < -0.39 is 5.97 Å². The van der Waals surface area contributed by atoms with Gasteiger partial charge in [0.2, 0.25) is 0 Å². The summed E-state index contributed by atoms with van der Waals surface area (Å²) < 4.78 is 0. The smallest absolute Gasteiger partial charge is 0.303 e. The SMILES string of the molecule is O=C(O)CCCc1ccc2c(n1)NCCC2. The third-order valence-electron chi connectivity index (χ3n) is 2.78. The first-order valence-electron chi connectivity index (χ1n) is 5.70. The Kier molecular flexibility index (Phi) is 3.39. The second-order valence-corrected chi connectivity index (χ2v) is 4.09. The van der Waals surface area contributed by atoms with E-state index in [1.807, 2.05) is 6.07 Å². The number of aryl methyl sites for hydroxylation is 2. The molecule has 4 nitrogen and oxygen atoms in total. The Balaban J connectivity index is 1.97. The third-order valence-corrected chi connectivity index (χ3v) is 2.78. The maximum Gasteiger partial charge on any atom is 0.303 e. The van der Waals surface area contributed by atoms with Crippen LogP contribution in [0.5, 0.6) is 0 Å². The van der Waals surface area contributed by atoms with Gasteiger partial charge in [0.25, 0.3) is 0 Å². The number of hydrogen-bond donors (Lipinski definition) is 2. The molecule has 0 radical (unpaired) electrons. The predicted molar refractivity (Wildman–Crippen MR) is 61.6 cm³/mol. The van der Waals surface area contributed by atoms with Crippen LogP contribution in [-0.2, 0) is 17.6 Å². The number of nitrogens with one attached hydrogen (secondary N) is 1. The fourth-order valence-electron chi connectivity index (χ4n) is 1.93. The second kappa shape index (κ2) is 4.96. The van der Waals surface area contributed by atoms with Crippen LogP contribution in [0.1, 0.15) is 30.5 Å². The van der Waals surface area contributed by atoms with Crippen LogP contribution in [0.3, 0.4) is 0 Å². The number of nitrogens with zero attached hydrogens (tertiary/aromatic N) is 1. The highest BCUT2D eigenvalue weighted by Gasteiger charge is 2.10. The van der Waals surface area contributed by atoms with Crippen LogP contribution in [0.4, 0.5) is 5.82 Å². The van der Waals surface area contributed by atoms with Crippen LogP contribution < -0.4 is 5.32 Å². The van der Waals surface area contributed by atoms with Gasteiger partial charge in [0.15, 0.2) is 0 Å². The molecule has 4 heteroatoms. The molecule has 1 aliphatic rings. The van der Waals surface area contributed by atoms with E-state index in [1.54, 1.807) is 0 Å². The first-order chi connectivity index (χ1) is 7.75. The van der Waals surface area contributed by atoms with Gasteiger partial charge >= 0.3 is 5.97 Å². The van der Waals surface area contributed by atoms with E-state index in [0.29, 0.717) is 6.42 Å². The van der Waals surface area contributed by atoms with Gasteiger partial charge in [0, 0.05) is 18.7 Å². The number of aromatic nitrogens is 1. The summed E-state index contributed by atoms with van der Waals surface area (Å²) in [5.74, 6) is 0.246. The van der Waals surface area contributed by atoms with Gasteiger partial charge < -0.3 is 10.4 Å². The van der Waals surface area contributed by atoms with Crippen LogP contribution >= 0.6 is 0 Å². The molecule has 1 aromatic rings. The third kappa shape index (κ3) is 2.72. The quantitative estimate of drug-likeness (QED) is 0.812. The predicted octanol–water partition coefficient (Wildman–Crippen LogP) is 1.85. The standard InChI is InChI=1S/C12H16N2O2/c15-11(16)5-1-4-10-7-6-9-3-2-8-13-12(9)14-10/h6-7H,1-5,8H2,(H,13,14)(H,15,16). The van der Waals surface area contributed by atoms with Crippen LogP contribution in [0.2, 0.25) is 0 Å². The van der Waals surface area contributed by atoms with E-state index >= 15 is 0 Å². The first-order valence-corrected chi connectivity index (χ1v) is 5.70. The van der Waals surface area contributed by atoms with Gasteiger partial charge in [-0.15, -0.1) is 0 Å². The van der Waals surface area contributed by atoms with Crippen molar-refractivity contribution in [3.63, 3.8) is 0 Å². The zero-order chi connectivity index (χ0) is 11.4. The molecule has 86 valence electrons. The summed E-state index contributed by atoms with van der Waals surface area (Å²) >= 11 is 0. The number of hydrogen-bond acceptors (Lipinski definition) is 3. The monoisotopic (exact) mass is 220 g/mol. The number of carbonyl (C=O) groups is 1. The normalized spacial score (nSPS) is 14.0. The number of anilines is 1. The number of pyridine rings is 1. The minimum atomic E-state index is -0.740. The molecule has 0 aromatic carbocycles. The molecule has 0 fully saturated rings. The van der Waals surface area contributed by atoms with Gasteiger partial charge in [-0.3, -0.25) is 4.79 Å². The highest BCUT2D eigenvalue weighted by Crippen LogP contribution is 2.20. The van der Waals surface area contributed by atoms with Gasteiger partial charge in [-0.05, 0) is 37.3 Å². The van der Waals surface area contributed by atoms with Crippen molar-refractivity contribution in [2.24, 2.45) is 0 Å². The average Bonchev–Trinajstić information content (AvgIpc) is 2.28. The summed E-state index contributed by atoms with van der Waals surface area (Å²) in [7, 11) is 0. The van der Waals surface area contributed by atoms with Crippen molar-refractivity contribution in [3.8, 4) is 0 Å². The lowest BCUT2D eigenvalue weighted by molar-refractivity contribution is -0.137. The number of fused-ring (bicyclic) bond motifs is 1. The Hall–Kier alpha value is -1.58. The Morgan fingerprint density at radius 1 is 1.50 bits per heavy atom. The summed E-state index contributed by atoms with van der Waals surface area (Å²) in [5, 5.41) is 11.8. The fourth-order valence-corrected chi connectivity index (χ4v) is 1.93. The molecular weight excluding hydrogens is 204 g/mol. The molecule has 0 saturated heterocycles. The minimum absolute atomic E-state index is 0.214. The maximum atomic E-state index is 10.4. The molecule has 16 heavy (non-hydrogen) atoms. The van der Waals surface area contributed by atoms with Gasteiger partial charge in [0.05, 0.1) is 0 Å². The molecule has 0 unspecified atom stereocenters. The minimum Gasteiger partial charge on any atom is -0.481 e. The highest BCUT2D eigenvalue weighted by atomic mass is 16.4. The summed E-state index contributed by atoms with van der Waals surface area (Å²) in [6.07, 6.45) is 3.85. The fraction of sp³-hybridized carbons (Fsp3) is 0.500. The van der Waals surface area contributed by atoms with Gasteiger partial charge in [-0.1, -0.05) is 6.07 Å². The summed E-state index contributed by atoms with van der Waals surface area (Å²) in [5.41, 5.74) is 2.25. The molecule has 0 spiro atoms. The lowest BCUT2D eigenvalue weighted by atomic mass is 10.1. The zero-order valence-corrected chi connectivity index (χ0v) is 9.20. The maximum absolute atomic E-state index is 10.4. The molecule has 2 heterocycles. The van der Waals surface area contributed by atoms with Crippen LogP contribution in [0.25, 0.3) is 0 Å². The Bertz CT molecular complexity index is 391. The molecule has 0 amide bonds. The molecule has 0 bridgehead atoms.